The van der Waals surface area contributed by atoms with Crippen LogP contribution in [0, 0.1) is 27.7 Å². The fourth-order valence-corrected chi connectivity index (χ4v) is 9.49. The molecule has 5 nitrogen and oxygen atoms in total. The van der Waals surface area contributed by atoms with E-state index in [9.17, 15) is 0 Å². The first-order valence-corrected chi connectivity index (χ1v) is 16.7. The molecule has 0 fully saturated rings. The van der Waals surface area contributed by atoms with Crippen LogP contribution in [0.1, 0.15) is 33.6 Å². The minimum absolute atomic E-state index is 0.702. The molecule has 1 unspecified atom stereocenters. The van der Waals surface area contributed by atoms with E-state index in [2.05, 4.69) is 168 Å². The molecule has 6 heterocycles. The normalized spacial score (nSPS) is 16.2. The zero-order valence-electron chi connectivity index (χ0n) is 27.2. The van der Waals surface area contributed by atoms with Crippen molar-refractivity contribution in [3.63, 3.8) is 0 Å². The number of para-hydroxylation sites is 1. The van der Waals surface area contributed by atoms with Crippen molar-refractivity contribution in [2.75, 3.05) is 0 Å². The first-order valence-electron chi connectivity index (χ1n) is 16.7. The molecule has 0 radical (unpaired) electrons. The van der Waals surface area contributed by atoms with Crippen LogP contribution in [0.5, 0.6) is 11.5 Å². The van der Waals surface area contributed by atoms with Gasteiger partial charge in [-0.2, -0.15) is 9.13 Å². The van der Waals surface area contributed by atoms with E-state index in [4.69, 9.17) is 4.74 Å². The van der Waals surface area contributed by atoms with Gasteiger partial charge in [0.15, 0.2) is 11.1 Å². The summed E-state index contributed by atoms with van der Waals surface area (Å²) in [6.07, 6.45) is 2.26. The van der Waals surface area contributed by atoms with Crippen LogP contribution in [0.2, 0.25) is 0 Å². The maximum atomic E-state index is 6.89. The number of aryl methyl sites for hydroxylation is 1. The molecule has 1 spiro atoms. The van der Waals surface area contributed by atoms with E-state index in [1.165, 1.54) is 77.7 Å². The second kappa shape index (κ2) is 8.69. The molecule has 0 saturated heterocycles. The number of hydrogen-bond acceptors (Lipinski definition) is 1. The summed E-state index contributed by atoms with van der Waals surface area (Å²) in [5.41, 5.74) is 15.4. The van der Waals surface area contributed by atoms with Gasteiger partial charge in [0, 0.05) is 23.8 Å². The van der Waals surface area contributed by atoms with Crippen LogP contribution in [-0.4, -0.2) is 9.25 Å². The number of benzene rings is 5. The van der Waals surface area contributed by atoms with Crippen molar-refractivity contribution in [1.82, 2.24) is 9.25 Å². The van der Waals surface area contributed by atoms with Crippen LogP contribution in [0.25, 0.3) is 55.6 Å². The Morgan fingerprint density at radius 2 is 1.44 bits per heavy atom. The Morgan fingerprint density at radius 3 is 2.31 bits per heavy atom. The number of nitrogens with zero attached hydrogens (tertiary/aromatic N) is 4. The van der Waals surface area contributed by atoms with E-state index < -0.39 is 5.66 Å². The fourth-order valence-electron chi connectivity index (χ4n) is 9.49. The van der Waals surface area contributed by atoms with Crippen LogP contribution in [0.15, 0.2) is 121 Å². The number of rotatable bonds is 2. The molecular weight excluding hydrogens is 589 g/mol. The lowest BCUT2D eigenvalue weighted by Crippen LogP contribution is -2.77. The third-order valence-corrected chi connectivity index (χ3v) is 11.2. The van der Waals surface area contributed by atoms with Gasteiger partial charge in [0.2, 0.25) is 5.69 Å². The Bertz CT molecular complexity index is 2750. The number of ether oxygens (including phenoxy) is 1. The van der Waals surface area contributed by atoms with Gasteiger partial charge in [-0.25, -0.2) is 0 Å². The Morgan fingerprint density at radius 1 is 0.646 bits per heavy atom. The maximum absolute atomic E-state index is 6.89. The smallest absolute Gasteiger partial charge is 0.397 e. The lowest BCUT2D eigenvalue weighted by Gasteiger charge is -2.33. The topological polar surface area (TPSA) is 26.8 Å². The van der Waals surface area contributed by atoms with Crippen molar-refractivity contribution >= 4 is 21.8 Å². The van der Waals surface area contributed by atoms with E-state index in [0.717, 1.165) is 23.0 Å². The Balaban J connectivity index is 1.33. The van der Waals surface area contributed by atoms with Gasteiger partial charge in [-0.05, 0) is 91.1 Å². The molecule has 0 saturated carbocycles. The van der Waals surface area contributed by atoms with E-state index in [-0.39, 0.29) is 0 Å². The summed E-state index contributed by atoms with van der Waals surface area (Å²) in [5, 5.41) is 2.49. The largest absolute Gasteiger partial charge is 0.456 e. The van der Waals surface area contributed by atoms with E-state index >= 15 is 0 Å². The van der Waals surface area contributed by atoms with Gasteiger partial charge in [0.25, 0.3) is 5.82 Å². The minimum atomic E-state index is -0.702. The van der Waals surface area contributed by atoms with Gasteiger partial charge in [0.05, 0.1) is 17.5 Å². The number of aromatic nitrogens is 4. The molecule has 3 aliphatic heterocycles. The van der Waals surface area contributed by atoms with Gasteiger partial charge in [-0.1, -0.05) is 71.4 Å². The highest BCUT2D eigenvalue weighted by molar-refractivity contribution is 6.11. The van der Waals surface area contributed by atoms with Crippen LogP contribution < -0.4 is 14.0 Å². The predicted octanol–water partition coefficient (Wildman–Crippen LogP) is 8.75. The van der Waals surface area contributed by atoms with Crippen LogP contribution in [0.4, 0.5) is 0 Å². The third-order valence-electron chi connectivity index (χ3n) is 11.2. The number of hydrogen-bond donors (Lipinski definition) is 0. The molecule has 5 aromatic carbocycles. The summed E-state index contributed by atoms with van der Waals surface area (Å²) in [7, 11) is 0. The van der Waals surface area contributed by atoms with Crippen LogP contribution >= 0.6 is 0 Å². The molecule has 1 atom stereocenters. The van der Waals surface area contributed by atoms with Gasteiger partial charge >= 0.3 is 5.66 Å². The summed E-state index contributed by atoms with van der Waals surface area (Å²) in [5.74, 6) is 2.94. The van der Waals surface area contributed by atoms with Crippen LogP contribution in [0.3, 0.4) is 0 Å². The highest BCUT2D eigenvalue weighted by Gasteiger charge is 2.70. The Labute approximate surface area is 278 Å². The molecule has 3 aromatic heterocycles. The molecule has 48 heavy (non-hydrogen) atoms. The van der Waals surface area contributed by atoms with E-state index in [1.54, 1.807) is 0 Å². The summed E-state index contributed by atoms with van der Waals surface area (Å²) < 4.78 is 16.9. The van der Waals surface area contributed by atoms with Crippen LogP contribution in [-0.2, 0) is 5.66 Å². The highest BCUT2D eigenvalue weighted by atomic mass is 16.5. The second-order valence-corrected chi connectivity index (χ2v) is 13.5. The lowest BCUT2D eigenvalue weighted by atomic mass is 9.83. The standard InChI is InChI=1S/C43H32N4O/c1-25-20-21-30(29-13-6-5-7-14-29)26(2)38(25)39-27(3)46-34-17-12-18-35-40(34)43(47(46)28(39)4)41-36(48-35)23-22-32-31-15-8-9-16-33(31)45(42(32)41)37-19-10-11-24-44(37)43/h5-24H,1-4H3/q+2. The molecular formula is C43H32N4O+2. The summed E-state index contributed by atoms with van der Waals surface area (Å²) in [6, 6.07) is 41.7. The van der Waals surface area contributed by atoms with Gasteiger partial charge in [-0.15, -0.1) is 4.68 Å². The molecule has 8 aromatic rings. The van der Waals surface area contributed by atoms with Crippen molar-refractivity contribution in [2.24, 2.45) is 0 Å². The summed E-state index contributed by atoms with van der Waals surface area (Å²) in [4.78, 5) is 0. The molecule has 11 rings (SSSR count). The number of pyridine rings is 1. The summed E-state index contributed by atoms with van der Waals surface area (Å²) in [6.45, 7) is 9.15. The molecule has 5 heteroatoms. The first kappa shape index (κ1) is 26.2. The Hall–Kier alpha value is -5.94. The Kier molecular flexibility index (Phi) is 4.74. The van der Waals surface area contributed by atoms with Gasteiger partial charge in [0.1, 0.15) is 28.3 Å². The van der Waals surface area contributed by atoms with Crippen molar-refractivity contribution in [2.45, 2.75) is 33.4 Å². The van der Waals surface area contributed by atoms with Gasteiger partial charge < -0.3 is 4.74 Å². The molecule has 0 aliphatic carbocycles. The van der Waals surface area contributed by atoms with Crippen molar-refractivity contribution in [3.8, 4) is 45.3 Å². The van der Waals surface area contributed by atoms with E-state index in [1.807, 2.05) is 0 Å². The predicted molar refractivity (Wildman–Crippen MR) is 188 cm³/mol. The fraction of sp³-hybridized carbons (Fsp3) is 0.116. The molecule has 0 amide bonds. The van der Waals surface area contributed by atoms with Crippen molar-refractivity contribution in [3.05, 3.63) is 155 Å². The molecule has 228 valence electrons. The second-order valence-electron chi connectivity index (χ2n) is 13.5. The monoisotopic (exact) mass is 620 g/mol. The zero-order valence-corrected chi connectivity index (χ0v) is 27.2. The summed E-state index contributed by atoms with van der Waals surface area (Å²) >= 11 is 0. The van der Waals surface area contributed by atoms with Gasteiger partial charge in [-0.3, -0.25) is 0 Å². The third kappa shape index (κ3) is 2.79. The SMILES string of the molecule is Cc1ccc(-c2ccccc2)c(C)c1-c1c(C)n2[n+](c1C)C13c4c(cccc4-2)Oc2ccc4c5ccccc5n(c4c21)-c1cccc[n+]13. The average Bonchev–Trinajstić information content (AvgIpc) is 3.71. The highest BCUT2D eigenvalue weighted by Crippen LogP contribution is 2.56. The van der Waals surface area contributed by atoms with E-state index in [0.29, 0.717) is 0 Å². The minimum Gasteiger partial charge on any atom is -0.456 e. The zero-order chi connectivity index (χ0) is 32.1. The molecule has 0 bridgehead atoms. The first-order chi connectivity index (χ1) is 23.5. The van der Waals surface area contributed by atoms with Crippen molar-refractivity contribution in [1.29, 1.82) is 0 Å². The molecule has 0 N–H and O–H groups in total. The lowest BCUT2D eigenvalue weighted by molar-refractivity contribution is -0.995. The molecule has 3 aliphatic rings. The number of fused-ring (bicyclic) bond motifs is 7. The average molecular weight is 621 g/mol. The maximum Gasteiger partial charge on any atom is 0.397 e. The van der Waals surface area contributed by atoms with Crippen molar-refractivity contribution < 1.29 is 14.0 Å². The quantitative estimate of drug-likeness (QED) is 0.178.